The number of methoxy groups -OCH3 is 2. The number of carbonyl (C=O) groups is 2. The summed E-state index contributed by atoms with van der Waals surface area (Å²) in [5.74, 6) is -0.571. The third kappa shape index (κ3) is 3.83. The quantitative estimate of drug-likeness (QED) is 0.755. The maximum absolute atomic E-state index is 12.1. The highest BCUT2D eigenvalue weighted by Gasteiger charge is 2.36. The molecular formula is C15H21NO4S. The second kappa shape index (κ2) is 7.56. The topological polar surface area (TPSA) is 55.8 Å². The third-order valence-corrected chi connectivity index (χ3v) is 4.86. The molecule has 1 aromatic heterocycles. The van der Waals surface area contributed by atoms with E-state index in [9.17, 15) is 9.59 Å². The van der Waals surface area contributed by atoms with Gasteiger partial charge in [0.1, 0.15) is 6.04 Å². The average Bonchev–Trinajstić information content (AvgIpc) is 3.17. The lowest BCUT2D eigenvalue weighted by Crippen LogP contribution is -2.41. The molecule has 1 aliphatic rings. The maximum atomic E-state index is 12.1. The van der Waals surface area contributed by atoms with Crippen LogP contribution in [-0.2, 0) is 19.1 Å². The summed E-state index contributed by atoms with van der Waals surface area (Å²) in [6, 6.07) is 3.98. The molecule has 2 heterocycles. The van der Waals surface area contributed by atoms with E-state index in [2.05, 4.69) is 15.7 Å². The van der Waals surface area contributed by atoms with Crippen molar-refractivity contribution in [2.45, 2.75) is 37.8 Å². The van der Waals surface area contributed by atoms with Crippen LogP contribution in [-0.4, -0.2) is 43.6 Å². The van der Waals surface area contributed by atoms with Crippen molar-refractivity contribution in [2.24, 2.45) is 0 Å². The Labute approximate surface area is 128 Å². The Bertz CT molecular complexity index is 474. The molecule has 0 radical (unpaired) electrons. The standard InChI is InChI=1S/C15H21NO4S/c1-19-14(17)8-7-12(15(18)20-2)16-9-3-5-11(16)13-6-4-10-21-13/h4,6,10-12H,3,5,7-9H2,1-2H3/t11-,12+/m0/s1. The first-order valence-electron chi connectivity index (χ1n) is 7.11. The van der Waals surface area contributed by atoms with Gasteiger partial charge in [-0.3, -0.25) is 14.5 Å². The Morgan fingerprint density at radius 3 is 2.86 bits per heavy atom. The van der Waals surface area contributed by atoms with Gasteiger partial charge < -0.3 is 9.47 Å². The molecule has 2 rings (SSSR count). The van der Waals surface area contributed by atoms with E-state index in [1.807, 2.05) is 11.4 Å². The highest BCUT2D eigenvalue weighted by Crippen LogP contribution is 2.37. The molecule has 0 spiro atoms. The molecule has 0 aliphatic carbocycles. The molecule has 1 fully saturated rings. The first-order chi connectivity index (χ1) is 10.2. The molecule has 0 unspecified atom stereocenters. The molecule has 0 amide bonds. The van der Waals surface area contributed by atoms with Gasteiger partial charge in [0.05, 0.1) is 14.2 Å². The summed E-state index contributed by atoms with van der Waals surface area (Å²) in [5.41, 5.74) is 0. The van der Waals surface area contributed by atoms with Crippen LogP contribution in [0.3, 0.4) is 0 Å². The number of likely N-dealkylation sites (tertiary alicyclic amines) is 1. The Morgan fingerprint density at radius 2 is 2.24 bits per heavy atom. The van der Waals surface area contributed by atoms with Crippen molar-refractivity contribution in [1.82, 2.24) is 4.90 Å². The van der Waals surface area contributed by atoms with Gasteiger partial charge in [-0.05, 0) is 37.3 Å². The predicted octanol–water partition coefficient (Wildman–Crippen LogP) is 2.38. The van der Waals surface area contributed by atoms with Gasteiger partial charge in [-0.2, -0.15) is 0 Å². The summed E-state index contributed by atoms with van der Waals surface area (Å²) in [6.07, 6.45) is 2.74. The zero-order chi connectivity index (χ0) is 15.2. The van der Waals surface area contributed by atoms with Gasteiger partial charge in [0.2, 0.25) is 0 Å². The van der Waals surface area contributed by atoms with Crippen LogP contribution in [0.25, 0.3) is 0 Å². The summed E-state index contributed by atoms with van der Waals surface area (Å²) in [4.78, 5) is 26.9. The largest absolute Gasteiger partial charge is 0.469 e. The molecule has 0 bridgehead atoms. The van der Waals surface area contributed by atoms with Crippen molar-refractivity contribution < 1.29 is 19.1 Å². The van der Waals surface area contributed by atoms with Crippen molar-refractivity contribution in [3.8, 4) is 0 Å². The zero-order valence-electron chi connectivity index (χ0n) is 12.4. The first kappa shape index (κ1) is 16.0. The molecule has 1 aromatic rings. The first-order valence-corrected chi connectivity index (χ1v) is 7.99. The molecule has 1 saturated heterocycles. The molecule has 5 nitrogen and oxygen atoms in total. The van der Waals surface area contributed by atoms with E-state index < -0.39 is 0 Å². The van der Waals surface area contributed by atoms with Crippen LogP contribution in [0.1, 0.15) is 36.6 Å². The van der Waals surface area contributed by atoms with Crippen molar-refractivity contribution in [1.29, 1.82) is 0 Å². The van der Waals surface area contributed by atoms with E-state index in [1.54, 1.807) is 11.3 Å². The molecule has 0 saturated carbocycles. The number of nitrogens with zero attached hydrogens (tertiary/aromatic N) is 1. The summed E-state index contributed by atoms with van der Waals surface area (Å²) >= 11 is 1.70. The number of thiophene rings is 1. The fraction of sp³-hybridized carbons (Fsp3) is 0.600. The Morgan fingerprint density at radius 1 is 1.43 bits per heavy atom. The molecule has 2 atom stereocenters. The van der Waals surface area contributed by atoms with E-state index in [1.165, 1.54) is 19.1 Å². The van der Waals surface area contributed by atoms with Gasteiger partial charge in [-0.15, -0.1) is 11.3 Å². The highest BCUT2D eigenvalue weighted by atomic mass is 32.1. The van der Waals surface area contributed by atoms with E-state index in [0.717, 1.165) is 19.4 Å². The van der Waals surface area contributed by atoms with Gasteiger partial charge in [-0.25, -0.2) is 0 Å². The molecule has 6 heteroatoms. The number of carbonyl (C=O) groups excluding carboxylic acids is 2. The summed E-state index contributed by atoms with van der Waals surface area (Å²) in [5, 5.41) is 2.05. The SMILES string of the molecule is COC(=O)CC[C@H](C(=O)OC)N1CCC[C@H]1c1cccs1. The third-order valence-electron chi connectivity index (χ3n) is 3.89. The molecule has 1 aliphatic heterocycles. The molecule has 21 heavy (non-hydrogen) atoms. The minimum Gasteiger partial charge on any atom is -0.469 e. The molecular weight excluding hydrogens is 290 g/mol. The van der Waals surface area contributed by atoms with Gasteiger partial charge in [0.15, 0.2) is 0 Å². The van der Waals surface area contributed by atoms with Crippen LogP contribution >= 0.6 is 11.3 Å². The summed E-state index contributed by atoms with van der Waals surface area (Å²) in [7, 11) is 2.75. The van der Waals surface area contributed by atoms with Crippen LogP contribution in [0.5, 0.6) is 0 Å². The summed E-state index contributed by atoms with van der Waals surface area (Å²) < 4.78 is 9.60. The fourth-order valence-corrected chi connectivity index (χ4v) is 3.74. The van der Waals surface area contributed by atoms with Gasteiger partial charge in [0, 0.05) is 17.3 Å². The van der Waals surface area contributed by atoms with E-state index in [0.29, 0.717) is 6.42 Å². The second-order valence-electron chi connectivity index (χ2n) is 5.07. The number of hydrogen-bond acceptors (Lipinski definition) is 6. The van der Waals surface area contributed by atoms with Crippen LogP contribution < -0.4 is 0 Å². The van der Waals surface area contributed by atoms with Crippen molar-refractivity contribution in [3.63, 3.8) is 0 Å². The monoisotopic (exact) mass is 311 g/mol. The number of rotatable bonds is 6. The predicted molar refractivity (Wildman–Crippen MR) is 80.1 cm³/mol. The lowest BCUT2D eigenvalue weighted by Gasteiger charge is -2.30. The van der Waals surface area contributed by atoms with Crippen molar-refractivity contribution in [2.75, 3.05) is 20.8 Å². The average molecular weight is 311 g/mol. The minimum absolute atomic E-state index is 0.226. The van der Waals surface area contributed by atoms with E-state index in [-0.39, 0.29) is 30.4 Å². The molecule has 0 aromatic carbocycles. The van der Waals surface area contributed by atoms with Gasteiger partial charge >= 0.3 is 11.9 Å². The molecule has 116 valence electrons. The maximum Gasteiger partial charge on any atom is 0.323 e. The van der Waals surface area contributed by atoms with Crippen LogP contribution in [0.2, 0.25) is 0 Å². The Hall–Kier alpha value is -1.40. The zero-order valence-corrected chi connectivity index (χ0v) is 13.2. The van der Waals surface area contributed by atoms with Gasteiger partial charge in [-0.1, -0.05) is 6.07 Å². The fourth-order valence-electron chi connectivity index (χ4n) is 2.86. The molecule has 0 N–H and O–H groups in total. The second-order valence-corrected chi connectivity index (χ2v) is 6.04. The smallest absolute Gasteiger partial charge is 0.323 e. The Kier molecular flexibility index (Phi) is 5.76. The van der Waals surface area contributed by atoms with Gasteiger partial charge in [0.25, 0.3) is 0 Å². The van der Waals surface area contributed by atoms with E-state index >= 15 is 0 Å². The summed E-state index contributed by atoms with van der Waals surface area (Å²) in [6.45, 7) is 0.851. The number of ether oxygens (including phenoxy) is 2. The van der Waals surface area contributed by atoms with Crippen molar-refractivity contribution in [3.05, 3.63) is 22.4 Å². The lowest BCUT2D eigenvalue weighted by molar-refractivity contribution is -0.148. The highest BCUT2D eigenvalue weighted by molar-refractivity contribution is 7.10. The normalized spacial score (nSPS) is 20.2. The van der Waals surface area contributed by atoms with Crippen LogP contribution in [0.15, 0.2) is 17.5 Å². The van der Waals surface area contributed by atoms with Crippen LogP contribution in [0, 0.1) is 0 Å². The van der Waals surface area contributed by atoms with Crippen LogP contribution in [0.4, 0.5) is 0 Å². The lowest BCUT2D eigenvalue weighted by atomic mass is 10.1. The minimum atomic E-state index is -0.385. The van der Waals surface area contributed by atoms with E-state index in [4.69, 9.17) is 4.74 Å². The Balaban J connectivity index is 2.11. The van der Waals surface area contributed by atoms with Crippen molar-refractivity contribution >= 4 is 23.3 Å². The number of esters is 2. The number of hydrogen-bond donors (Lipinski definition) is 0.